The molecule has 4 rings (SSSR count). The van der Waals surface area contributed by atoms with Crippen LogP contribution in [0.5, 0.6) is 5.88 Å². The largest absolute Gasteiger partial charge is 0.479 e. The number of hydrogen-bond donors (Lipinski definition) is 0. The first-order chi connectivity index (χ1) is 14.0. The third kappa shape index (κ3) is 3.58. The van der Waals surface area contributed by atoms with Crippen molar-refractivity contribution >= 4 is 32.6 Å². The molecule has 29 heavy (non-hydrogen) atoms. The van der Waals surface area contributed by atoms with Crippen LogP contribution in [0, 0.1) is 13.8 Å². The molecule has 0 fully saturated rings. The molecule has 4 aromatic rings. The summed E-state index contributed by atoms with van der Waals surface area (Å²) in [4.78, 5) is 24.2. The number of amides is 1. The summed E-state index contributed by atoms with van der Waals surface area (Å²) in [7, 11) is 3.27. The lowest BCUT2D eigenvalue weighted by molar-refractivity contribution is 0.0982. The lowest BCUT2D eigenvalue weighted by Crippen LogP contribution is -2.30. The number of anilines is 1. The molecule has 3 heterocycles. The smallest absolute Gasteiger partial charge is 0.267 e. The number of hydrogen-bond acceptors (Lipinski definition) is 6. The average molecular weight is 407 g/mol. The van der Waals surface area contributed by atoms with E-state index in [4.69, 9.17) is 9.72 Å². The Morgan fingerprint density at radius 2 is 2.10 bits per heavy atom. The molecule has 0 aliphatic rings. The van der Waals surface area contributed by atoms with Gasteiger partial charge in [0.15, 0.2) is 5.13 Å². The first kappa shape index (κ1) is 19.1. The summed E-state index contributed by atoms with van der Waals surface area (Å²) in [5.41, 5.74) is 4.53. The van der Waals surface area contributed by atoms with Crippen molar-refractivity contribution in [1.82, 2.24) is 19.7 Å². The van der Waals surface area contributed by atoms with Gasteiger partial charge in [-0.15, -0.1) is 5.10 Å². The van der Waals surface area contributed by atoms with E-state index < -0.39 is 0 Å². The molecule has 0 bridgehead atoms. The van der Waals surface area contributed by atoms with Crippen molar-refractivity contribution in [1.29, 1.82) is 0 Å². The molecule has 0 spiro atoms. The summed E-state index contributed by atoms with van der Waals surface area (Å²) in [6.07, 6.45) is 5.13. The maximum Gasteiger partial charge on any atom is 0.267 e. The molecular weight excluding hydrogens is 386 g/mol. The number of carbonyl (C=O) groups is 1. The van der Waals surface area contributed by atoms with Crippen LogP contribution in [0.3, 0.4) is 0 Å². The Morgan fingerprint density at radius 1 is 1.28 bits per heavy atom. The number of thiazole rings is 1. The van der Waals surface area contributed by atoms with E-state index in [1.807, 2.05) is 12.1 Å². The van der Waals surface area contributed by atoms with Crippen molar-refractivity contribution in [2.45, 2.75) is 20.4 Å². The van der Waals surface area contributed by atoms with Gasteiger partial charge in [0.05, 0.1) is 23.9 Å². The fraction of sp³-hybridized carbons (Fsp3) is 0.238. The molecule has 1 aromatic carbocycles. The van der Waals surface area contributed by atoms with Crippen molar-refractivity contribution in [3.05, 3.63) is 65.1 Å². The van der Waals surface area contributed by atoms with Gasteiger partial charge in [0.25, 0.3) is 5.91 Å². The Morgan fingerprint density at radius 3 is 2.83 bits per heavy atom. The zero-order valence-corrected chi connectivity index (χ0v) is 17.5. The standard InChI is InChI=1S/C21H21N5O2S/c1-13-7-8-17-18(14(13)2)23-21(29-17)26(11-15-6-5-9-22-10-15)20(27)16-12-25(3)24-19(16)28-4/h5-10,12H,11H2,1-4H3. The Hall–Kier alpha value is -3.26. The zero-order chi connectivity index (χ0) is 20.5. The zero-order valence-electron chi connectivity index (χ0n) is 16.7. The van der Waals surface area contributed by atoms with Crippen molar-refractivity contribution in [3.63, 3.8) is 0 Å². The minimum atomic E-state index is -0.216. The molecule has 1 amide bonds. The number of pyridine rings is 1. The van der Waals surface area contributed by atoms with Gasteiger partial charge in [-0.2, -0.15) is 0 Å². The van der Waals surface area contributed by atoms with Crippen LogP contribution < -0.4 is 9.64 Å². The van der Waals surface area contributed by atoms with Gasteiger partial charge >= 0.3 is 0 Å². The molecule has 3 aromatic heterocycles. The number of methoxy groups -OCH3 is 1. The van der Waals surface area contributed by atoms with Crippen molar-refractivity contribution in [2.75, 3.05) is 12.0 Å². The molecule has 8 heteroatoms. The van der Waals surface area contributed by atoms with Gasteiger partial charge in [-0.25, -0.2) is 4.98 Å². The van der Waals surface area contributed by atoms with Crippen LogP contribution in [0.4, 0.5) is 5.13 Å². The Balaban J connectivity index is 1.82. The fourth-order valence-electron chi connectivity index (χ4n) is 3.14. The van der Waals surface area contributed by atoms with Crippen molar-refractivity contribution in [3.8, 4) is 5.88 Å². The quantitative estimate of drug-likeness (QED) is 0.502. The van der Waals surface area contributed by atoms with Crippen LogP contribution in [0.15, 0.2) is 42.9 Å². The fourth-order valence-corrected chi connectivity index (χ4v) is 4.16. The third-order valence-corrected chi connectivity index (χ3v) is 5.88. The lowest BCUT2D eigenvalue weighted by Gasteiger charge is -2.19. The molecule has 0 aliphatic carbocycles. The third-order valence-electron chi connectivity index (χ3n) is 4.83. The number of nitrogens with zero attached hydrogens (tertiary/aromatic N) is 5. The molecule has 0 atom stereocenters. The van der Waals surface area contributed by atoms with E-state index in [2.05, 4.69) is 36.1 Å². The van der Waals surface area contributed by atoms with E-state index >= 15 is 0 Å². The summed E-state index contributed by atoms with van der Waals surface area (Å²) in [5.74, 6) is 0.0778. The molecule has 0 N–H and O–H groups in total. The number of benzene rings is 1. The minimum absolute atomic E-state index is 0.216. The van der Waals surface area contributed by atoms with Gasteiger partial charge in [0.1, 0.15) is 5.56 Å². The number of carbonyl (C=O) groups excluding carboxylic acids is 1. The first-order valence-corrected chi connectivity index (χ1v) is 9.94. The molecule has 0 aliphatic heterocycles. The SMILES string of the molecule is COc1nn(C)cc1C(=O)N(Cc1cccnc1)c1nc2c(C)c(C)ccc2s1. The predicted molar refractivity (Wildman–Crippen MR) is 114 cm³/mol. The second-order valence-electron chi connectivity index (χ2n) is 6.83. The second kappa shape index (κ2) is 7.63. The van der Waals surface area contributed by atoms with Crippen LogP contribution in [0.1, 0.15) is 27.0 Å². The van der Waals surface area contributed by atoms with E-state index in [9.17, 15) is 4.79 Å². The van der Waals surface area contributed by atoms with Crippen molar-refractivity contribution < 1.29 is 9.53 Å². The molecular formula is C21H21N5O2S. The number of fused-ring (bicyclic) bond motifs is 1. The van der Waals surface area contributed by atoms with Crippen molar-refractivity contribution in [2.24, 2.45) is 7.05 Å². The normalized spacial score (nSPS) is 11.0. The van der Waals surface area contributed by atoms with Gasteiger partial charge in [0.2, 0.25) is 5.88 Å². The number of rotatable bonds is 5. The molecule has 148 valence electrons. The van der Waals surface area contributed by atoms with Gasteiger partial charge < -0.3 is 4.74 Å². The summed E-state index contributed by atoms with van der Waals surface area (Å²) >= 11 is 1.50. The average Bonchev–Trinajstić information content (AvgIpc) is 3.33. The Kier molecular flexibility index (Phi) is 5.02. The highest BCUT2D eigenvalue weighted by Gasteiger charge is 2.27. The van der Waals surface area contributed by atoms with Crippen LogP contribution in [0.25, 0.3) is 10.2 Å². The Labute approximate surface area is 172 Å². The van der Waals surface area contributed by atoms with Crippen LogP contribution >= 0.6 is 11.3 Å². The number of aromatic nitrogens is 4. The lowest BCUT2D eigenvalue weighted by atomic mass is 10.1. The highest BCUT2D eigenvalue weighted by Crippen LogP contribution is 2.34. The van der Waals surface area contributed by atoms with Crippen LogP contribution in [-0.2, 0) is 13.6 Å². The first-order valence-electron chi connectivity index (χ1n) is 9.13. The van der Waals surface area contributed by atoms with Gasteiger partial charge in [-0.3, -0.25) is 19.4 Å². The summed E-state index contributed by atoms with van der Waals surface area (Å²) in [6, 6.07) is 7.93. The van der Waals surface area contributed by atoms with E-state index in [1.54, 1.807) is 35.2 Å². The number of aryl methyl sites for hydroxylation is 3. The molecule has 0 unspecified atom stereocenters. The molecule has 0 saturated heterocycles. The van der Waals surface area contributed by atoms with E-state index in [-0.39, 0.29) is 5.91 Å². The monoisotopic (exact) mass is 407 g/mol. The van der Waals surface area contributed by atoms with Crippen LogP contribution in [-0.4, -0.2) is 32.8 Å². The minimum Gasteiger partial charge on any atom is -0.479 e. The predicted octanol–water partition coefficient (Wildman–Crippen LogP) is 3.90. The van der Waals surface area contributed by atoms with Gasteiger partial charge in [0, 0.05) is 25.6 Å². The number of ether oxygens (including phenoxy) is 1. The van der Waals surface area contributed by atoms with Gasteiger partial charge in [-0.1, -0.05) is 23.5 Å². The topological polar surface area (TPSA) is 73.1 Å². The summed E-state index contributed by atoms with van der Waals surface area (Å²) in [5, 5.41) is 4.85. The maximum absolute atomic E-state index is 13.5. The Bertz CT molecular complexity index is 1180. The van der Waals surface area contributed by atoms with Gasteiger partial charge in [-0.05, 0) is 42.7 Å². The van der Waals surface area contributed by atoms with E-state index in [0.29, 0.717) is 23.1 Å². The van der Waals surface area contributed by atoms with Crippen LogP contribution in [0.2, 0.25) is 0 Å². The molecule has 0 radical (unpaired) electrons. The van der Waals surface area contributed by atoms with E-state index in [1.165, 1.54) is 24.0 Å². The molecule has 0 saturated carbocycles. The summed E-state index contributed by atoms with van der Waals surface area (Å²) in [6.45, 7) is 4.47. The van der Waals surface area contributed by atoms with E-state index in [0.717, 1.165) is 21.3 Å². The summed E-state index contributed by atoms with van der Waals surface area (Å²) < 4.78 is 7.92. The highest BCUT2D eigenvalue weighted by atomic mass is 32.1. The highest BCUT2D eigenvalue weighted by molar-refractivity contribution is 7.22. The molecule has 7 nitrogen and oxygen atoms in total. The second-order valence-corrected chi connectivity index (χ2v) is 7.84. The maximum atomic E-state index is 13.5.